The number of benzene rings is 3. The smallest absolute Gasteiger partial charge is 0.337 e. The molecule has 2 aliphatic heterocycles. The Hall–Kier alpha value is -4.24. The Morgan fingerprint density at radius 1 is 0.944 bits per heavy atom. The van der Waals surface area contributed by atoms with Crippen molar-refractivity contribution in [1.29, 1.82) is 0 Å². The summed E-state index contributed by atoms with van der Waals surface area (Å²) in [5.74, 6) is 0.845. The van der Waals surface area contributed by atoms with Crippen LogP contribution in [0.25, 0.3) is 0 Å². The number of carbonyl (C=O) groups excluding carboxylic acids is 1. The van der Waals surface area contributed by atoms with Crippen LogP contribution in [-0.4, -0.2) is 62.0 Å². The Kier molecular flexibility index (Phi) is 6.64. The zero-order valence-corrected chi connectivity index (χ0v) is 19.9. The van der Waals surface area contributed by atoms with Crippen molar-refractivity contribution in [3.63, 3.8) is 0 Å². The highest BCUT2D eigenvalue weighted by Crippen LogP contribution is 2.33. The molecule has 186 valence electrons. The maximum atomic E-state index is 12.6. The molecule has 0 aromatic heterocycles. The molecule has 0 aliphatic carbocycles. The summed E-state index contributed by atoms with van der Waals surface area (Å²) in [5.41, 5.74) is 2.84. The molecule has 9 nitrogen and oxygen atoms in total. The fourth-order valence-electron chi connectivity index (χ4n) is 4.45. The first-order valence-corrected chi connectivity index (χ1v) is 11.7. The Balaban J connectivity index is 1.23. The normalized spacial score (nSPS) is 15.0. The fraction of sp³-hybridized carbons (Fsp3) is 0.259. The summed E-state index contributed by atoms with van der Waals surface area (Å²) in [6.45, 7) is 4.03. The van der Waals surface area contributed by atoms with Crippen molar-refractivity contribution in [2.75, 3.05) is 50.3 Å². The van der Waals surface area contributed by atoms with Gasteiger partial charge in [0, 0.05) is 44.0 Å². The summed E-state index contributed by atoms with van der Waals surface area (Å²) in [6, 6.07) is 17.7. The number of fused-ring (bicyclic) bond motifs is 1. The molecule has 3 aromatic carbocycles. The summed E-state index contributed by atoms with van der Waals surface area (Å²) in [5, 5.41) is 12.7. The number of anilines is 2. The van der Waals surface area contributed by atoms with Crippen molar-refractivity contribution in [3.05, 3.63) is 77.4 Å². The molecule has 0 bridgehead atoms. The van der Waals surface area contributed by atoms with Crippen LogP contribution in [-0.2, 0) is 6.54 Å². The number of carboxylic acids is 1. The third-order valence-corrected chi connectivity index (χ3v) is 6.39. The van der Waals surface area contributed by atoms with Crippen molar-refractivity contribution in [2.24, 2.45) is 0 Å². The molecule has 36 heavy (non-hydrogen) atoms. The second kappa shape index (κ2) is 10.2. The number of rotatable bonds is 7. The van der Waals surface area contributed by atoms with E-state index in [2.05, 4.69) is 15.1 Å². The summed E-state index contributed by atoms with van der Waals surface area (Å²) in [4.78, 5) is 29.1. The van der Waals surface area contributed by atoms with Crippen molar-refractivity contribution in [2.45, 2.75) is 6.54 Å². The molecular formula is C27H27N3O6. The number of carbonyl (C=O) groups is 2. The van der Waals surface area contributed by atoms with E-state index in [4.69, 9.17) is 14.2 Å². The molecular weight excluding hydrogens is 462 g/mol. The lowest BCUT2D eigenvalue weighted by Gasteiger charge is -2.36. The predicted octanol–water partition coefficient (Wildman–Crippen LogP) is 3.70. The van der Waals surface area contributed by atoms with Gasteiger partial charge in [-0.3, -0.25) is 9.69 Å². The Morgan fingerprint density at radius 3 is 2.42 bits per heavy atom. The molecule has 2 N–H and O–H groups in total. The van der Waals surface area contributed by atoms with Gasteiger partial charge in [-0.25, -0.2) is 4.79 Å². The minimum Gasteiger partial charge on any atom is -0.497 e. The van der Waals surface area contributed by atoms with E-state index in [9.17, 15) is 14.7 Å². The first-order chi connectivity index (χ1) is 17.5. The Morgan fingerprint density at radius 2 is 1.69 bits per heavy atom. The van der Waals surface area contributed by atoms with Crippen LogP contribution in [0.15, 0.2) is 60.7 Å². The molecule has 0 atom stereocenters. The summed E-state index contributed by atoms with van der Waals surface area (Å²) in [7, 11) is 1.56. The van der Waals surface area contributed by atoms with E-state index in [-0.39, 0.29) is 18.3 Å². The second-order valence-electron chi connectivity index (χ2n) is 8.67. The number of nitrogens with zero attached hydrogens (tertiary/aromatic N) is 2. The number of carboxylic acid groups (broad SMARTS) is 1. The number of hydrogen-bond donors (Lipinski definition) is 2. The van der Waals surface area contributed by atoms with Gasteiger partial charge in [-0.05, 0) is 60.2 Å². The van der Waals surface area contributed by atoms with Gasteiger partial charge < -0.3 is 29.5 Å². The molecule has 1 fully saturated rings. The van der Waals surface area contributed by atoms with E-state index in [1.165, 1.54) is 6.07 Å². The second-order valence-corrected chi connectivity index (χ2v) is 8.67. The monoisotopic (exact) mass is 489 g/mol. The summed E-state index contributed by atoms with van der Waals surface area (Å²) < 4.78 is 16.0. The van der Waals surface area contributed by atoms with Crippen LogP contribution in [0.5, 0.6) is 17.2 Å². The van der Waals surface area contributed by atoms with Gasteiger partial charge in [0.15, 0.2) is 11.5 Å². The van der Waals surface area contributed by atoms with E-state index in [1.807, 2.05) is 18.2 Å². The van der Waals surface area contributed by atoms with Gasteiger partial charge in [0.25, 0.3) is 5.91 Å². The van der Waals surface area contributed by atoms with Crippen molar-refractivity contribution < 1.29 is 28.9 Å². The highest BCUT2D eigenvalue weighted by atomic mass is 16.7. The van der Waals surface area contributed by atoms with Crippen LogP contribution in [0.4, 0.5) is 11.4 Å². The molecule has 9 heteroatoms. The zero-order chi connectivity index (χ0) is 25.1. The zero-order valence-electron chi connectivity index (χ0n) is 19.9. The maximum Gasteiger partial charge on any atom is 0.337 e. The lowest BCUT2D eigenvalue weighted by molar-refractivity contribution is 0.0697. The lowest BCUT2D eigenvalue weighted by atomic mass is 10.1. The molecule has 0 spiro atoms. The topological polar surface area (TPSA) is 101 Å². The molecule has 0 unspecified atom stereocenters. The van der Waals surface area contributed by atoms with Crippen molar-refractivity contribution in [3.8, 4) is 17.2 Å². The molecule has 1 amide bonds. The third-order valence-electron chi connectivity index (χ3n) is 6.39. The van der Waals surface area contributed by atoms with E-state index in [0.717, 1.165) is 36.7 Å². The van der Waals surface area contributed by atoms with E-state index in [1.54, 1.807) is 43.5 Å². The highest BCUT2D eigenvalue weighted by Gasteiger charge is 2.23. The predicted molar refractivity (Wildman–Crippen MR) is 134 cm³/mol. The fourth-order valence-corrected chi connectivity index (χ4v) is 4.45. The lowest BCUT2D eigenvalue weighted by Crippen LogP contribution is -2.46. The number of methoxy groups -OCH3 is 1. The highest BCUT2D eigenvalue weighted by molar-refractivity contribution is 6.05. The van der Waals surface area contributed by atoms with Gasteiger partial charge in [0.05, 0.1) is 18.4 Å². The Bertz CT molecular complexity index is 1270. The minimum absolute atomic E-state index is 0.159. The average molecular weight is 490 g/mol. The van der Waals surface area contributed by atoms with Gasteiger partial charge in [-0.1, -0.05) is 6.07 Å². The number of hydrogen-bond acceptors (Lipinski definition) is 7. The number of ether oxygens (including phenoxy) is 3. The van der Waals surface area contributed by atoms with Crippen molar-refractivity contribution in [1.82, 2.24) is 4.90 Å². The quantitative estimate of drug-likeness (QED) is 0.518. The van der Waals surface area contributed by atoms with Crippen LogP contribution in [0.2, 0.25) is 0 Å². The minimum atomic E-state index is -1.03. The molecule has 0 radical (unpaired) electrons. The van der Waals surface area contributed by atoms with Gasteiger partial charge in [0.2, 0.25) is 6.79 Å². The number of piperazine rings is 1. The Labute approximate surface area is 208 Å². The maximum absolute atomic E-state index is 12.6. The molecule has 2 heterocycles. The van der Waals surface area contributed by atoms with Crippen LogP contribution in [0.3, 0.4) is 0 Å². The van der Waals surface area contributed by atoms with Crippen LogP contribution < -0.4 is 24.4 Å². The van der Waals surface area contributed by atoms with Crippen LogP contribution in [0.1, 0.15) is 26.3 Å². The summed E-state index contributed by atoms with van der Waals surface area (Å²) >= 11 is 0. The largest absolute Gasteiger partial charge is 0.497 e. The third kappa shape index (κ3) is 5.06. The SMILES string of the molecule is COc1ccc(C(=O)Nc2ccc(N3CCN(Cc4ccc5c(c4)OCO5)CC3)c(C(=O)O)c2)cc1. The average Bonchev–Trinajstić information content (AvgIpc) is 3.37. The molecule has 5 rings (SSSR count). The van der Waals surface area contributed by atoms with Gasteiger partial charge in [0.1, 0.15) is 5.75 Å². The van der Waals surface area contributed by atoms with Crippen LogP contribution in [0, 0.1) is 0 Å². The van der Waals surface area contributed by atoms with Gasteiger partial charge in [-0.2, -0.15) is 0 Å². The number of aromatic carboxylic acids is 1. The molecule has 3 aromatic rings. The summed E-state index contributed by atoms with van der Waals surface area (Å²) in [6.07, 6.45) is 0. The van der Waals surface area contributed by atoms with E-state index < -0.39 is 5.97 Å². The van der Waals surface area contributed by atoms with Gasteiger partial charge >= 0.3 is 5.97 Å². The van der Waals surface area contributed by atoms with Crippen molar-refractivity contribution >= 4 is 23.3 Å². The number of nitrogens with one attached hydrogen (secondary N) is 1. The van der Waals surface area contributed by atoms with E-state index >= 15 is 0 Å². The standard InChI is InChI=1S/C27H27N3O6/c1-34-21-6-3-19(4-7-21)26(31)28-20-5-8-23(22(15-20)27(32)33)30-12-10-29(11-13-30)16-18-2-9-24-25(14-18)36-17-35-24/h2-9,14-15H,10-13,16-17H2,1H3,(H,28,31)(H,32,33). The van der Waals surface area contributed by atoms with Gasteiger partial charge in [-0.15, -0.1) is 0 Å². The van der Waals surface area contributed by atoms with E-state index in [0.29, 0.717) is 35.8 Å². The first-order valence-electron chi connectivity index (χ1n) is 11.7. The van der Waals surface area contributed by atoms with Crippen LogP contribution >= 0.6 is 0 Å². The molecule has 1 saturated heterocycles. The number of amides is 1. The first kappa shape index (κ1) is 23.5. The molecule has 0 saturated carbocycles. The molecule has 2 aliphatic rings.